The highest BCUT2D eigenvalue weighted by Gasteiger charge is 2.19. The van der Waals surface area contributed by atoms with Crippen molar-refractivity contribution < 1.29 is 9.47 Å². The van der Waals surface area contributed by atoms with Crippen molar-refractivity contribution in [1.82, 2.24) is 0 Å². The molecule has 2 unspecified atom stereocenters. The molecule has 0 amide bonds. The number of ether oxygens (including phenoxy) is 2. The van der Waals surface area contributed by atoms with Gasteiger partial charge >= 0.3 is 0 Å². The number of hydrogen-bond acceptors (Lipinski definition) is 3. The van der Waals surface area contributed by atoms with E-state index in [-0.39, 0.29) is 0 Å². The van der Waals surface area contributed by atoms with Crippen LogP contribution in [0.4, 0.5) is 0 Å². The van der Waals surface area contributed by atoms with Gasteiger partial charge < -0.3 is 9.47 Å². The van der Waals surface area contributed by atoms with Gasteiger partial charge in [-0.25, -0.2) is 0 Å². The monoisotopic (exact) mass is 202 g/mol. The zero-order chi connectivity index (χ0) is 8.93. The number of hydrogen-bond donors (Lipinski definition) is 0. The van der Waals surface area contributed by atoms with E-state index in [2.05, 4.69) is 11.8 Å². The van der Waals surface area contributed by atoms with Crippen LogP contribution in [0.25, 0.3) is 0 Å². The summed E-state index contributed by atoms with van der Waals surface area (Å²) in [5.74, 6) is 2.08. The van der Waals surface area contributed by atoms with Gasteiger partial charge in [0.2, 0.25) is 0 Å². The van der Waals surface area contributed by atoms with Crippen molar-refractivity contribution in [3.63, 3.8) is 0 Å². The molecule has 2 rings (SSSR count). The Bertz CT molecular complexity index is 140. The molecule has 2 fully saturated rings. The second-order valence-electron chi connectivity index (χ2n) is 3.90. The van der Waals surface area contributed by atoms with Gasteiger partial charge in [0.1, 0.15) is 0 Å². The van der Waals surface area contributed by atoms with Gasteiger partial charge in [-0.05, 0) is 30.9 Å². The number of thioether (sulfide) groups is 1. The third-order valence-electron chi connectivity index (χ3n) is 2.71. The molecule has 2 heterocycles. The van der Waals surface area contributed by atoms with Crippen LogP contribution in [0.1, 0.15) is 19.3 Å². The van der Waals surface area contributed by atoms with E-state index in [4.69, 9.17) is 9.47 Å². The first-order valence-corrected chi connectivity index (χ1v) is 6.27. The number of rotatable bonds is 3. The standard InChI is InChI=1S/C10H18O2S/c1-2-10(7-11-4-1)13-8-9-3-5-12-6-9/h9-10H,1-8H2. The molecule has 2 atom stereocenters. The van der Waals surface area contributed by atoms with Gasteiger partial charge in [-0.1, -0.05) is 0 Å². The zero-order valence-electron chi connectivity index (χ0n) is 8.04. The SMILES string of the molecule is C1COCC(SCC2CCOC2)C1. The Morgan fingerprint density at radius 2 is 2.00 bits per heavy atom. The third-order valence-corrected chi connectivity index (χ3v) is 4.22. The second-order valence-corrected chi connectivity index (χ2v) is 5.24. The fourth-order valence-corrected chi connectivity index (χ4v) is 3.16. The molecule has 3 heteroatoms. The summed E-state index contributed by atoms with van der Waals surface area (Å²) in [4.78, 5) is 0. The molecule has 2 saturated heterocycles. The van der Waals surface area contributed by atoms with Gasteiger partial charge in [0.15, 0.2) is 0 Å². The van der Waals surface area contributed by atoms with Crippen LogP contribution in [0.15, 0.2) is 0 Å². The first-order chi connectivity index (χ1) is 6.45. The highest BCUT2D eigenvalue weighted by molar-refractivity contribution is 7.99. The van der Waals surface area contributed by atoms with Crippen LogP contribution in [0.2, 0.25) is 0 Å². The van der Waals surface area contributed by atoms with Gasteiger partial charge in [0.25, 0.3) is 0 Å². The minimum absolute atomic E-state index is 0.759. The predicted octanol–water partition coefficient (Wildman–Crippen LogP) is 1.94. The molecular formula is C10H18O2S. The van der Waals surface area contributed by atoms with Gasteiger partial charge in [-0.15, -0.1) is 0 Å². The van der Waals surface area contributed by atoms with E-state index in [1.54, 1.807) is 0 Å². The summed E-state index contributed by atoms with van der Waals surface area (Å²) in [6.45, 7) is 3.91. The smallest absolute Gasteiger partial charge is 0.0585 e. The predicted molar refractivity (Wildman–Crippen MR) is 55.2 cm³/mol. The molecule has 0 aromatic heterocycles. The van der Waals surface area contributed by atoms with E-state index >= 15 is 0 Å². The average molecular weight is 202 g/mol. The molecule has 13 heavy (non-hydrogen) atoms. The maximum atomic E-state index is 5.45. The summed E-state index contributed by atoms with van der Waals surface area (Å²) in [7, 11) is 0. The Labute approximate surface area is 84.4 Å². The van der Waals surface area contributed by atoms with E-state index < -0.39 is 0 Å². The van der Waals surface area contributed by atoms with E-state index in [0.717, 1.165) is 37.6 Å². The maximum absolute atomic E-state index is 5.45. The van der Waals surface area contributed by atoms with Gasteiger partial charge in [0.05, 0.1) is 13.2 Å². The second kappa shape index (κ2) is 5.23. The van der Waals surface area contributed by atoms with Crippen LogP contribution in [-0.4, -0.2) is 37.4 Å². The van der Waals surface area contributed by atoms with Gasteiger partial charge in [0, 0.05) is 18.5 Å². The molecule has 0 saturated carbocycles. The van der Waals surface area contributed by atoms with Crippen LogP contribution in [0.3, 0.4) is 0 Å². The van der Waals surface area contributed by atoms with E-state index in [0.29, 0.717) is 0 Å². The topological polar surface area (TPSA) is 18.5 Å². The normalized spacial score (nSPS) is 35.1. The van der Waals surface area contributed by atoms with Gasteiger partial charge in [-0.2, -0.15) is 11.8 Å². The van der Waals surface area contributed by atoms with E-state index in [9.17, 15) is 0 Å². The fourth-order valence-electron chi connectivity index (χ4n) is 1.83. The molecular weight excluding hydrogens is 184 g/mol. The van der Waals surface area contributed by atoms with E-state index in [1.165, 1.54) is 25.0 Å². The van der Waals surface area contributed by atoms with Crippen molar-refractivity contribution in [2.24, 2.45) is 5.92 Å². The molecule has 0 spiro atoms. The summed E-state index contributed by atoms with van der Waals surface area (Å²) < 4.78 is 10.8. The summed E-state index contributed by atoms with van der Waals surface area (Å²) in [6, 6.07) is 0. The van der Waals surface area contributed by atoms with E-state index in [1.807, 2.05) is 0 Å². The first-order valence-electron chi connectivity index (χ1n) is 5.22. The van der Waals surface area contributed by atoms with Crippen molar-refractivity contribution in [3.05, 3.63) is 0 Å². The fraction of sp³-hybridized carbons (Fsp3) is 1.00. The third kappa shape index (κ3) is 3.15. The molecule has 0 aromatic carbocycles. The first kappa shape index (κ1) is 9.81. The summed E-state index contributed by atoms with van der Waals surface area (Å²) in [5, 5.41) is 0.759. The minimum atomic E-state index is 0.759. The molecule has 76 valence electrons. The van der Waals surface area contributed by atoms with Crippen molar-refractivity contribution >= 4 is 11.8 Å². The molecule has 0 bridgehead atoms. The van der Waals surface area contributed by atoms with Crippen LogP contribution in [-0.2, 0) is 9.47 Å². The molecule has 0 radical (unpaired) electrons. The Hall–Kier alpha value is 0.270. The molecule has 2 nitrogen and oxygen atoms in total. The maximum Gasteiger partial charge on any atom is 0.0585 e. The Morgan fingerprint density at radius 3 is 2.69 bits per heavy atom. The Balaban J connectivity index is 1.60. The summed E-state index contributed by atoms with van der Waals surface area (Å²) >= 11 is 2.09. The zero-order valence-corrected chi connectivity index (χ0v) is 8.85. The van der Waals surface area contributed by atoms with Gasteiger partial charge in [-0.3, -0.25) is 0 Å². The molecule has 0 aromatic rings. The lowest BCUT2D eigenvalue weighted by atomic mass is 10.2. The molecule has 0 N–H and O–H groups in total. The largest absolute Gasteiger partial charge is 0.381 e. The summed E-state index contributed by atoms with van der Waals surface area (Å²) in [6.07, 6.45) is 3.86. The molecule has 2 aliphatic rings. The van der Waals surface area contributed by atoms with Crippen LogP contribution in [0.5, 0.6) is 0 Å². The minimum Gasteiger partial charge on any atom is -0.381 e. The van der Waals surface area contributed by atoms with Crippen molar-refractivity contribution in [2.45, 2.75) is 24.5 Å². The Kier molecular flexibility index (Phi) is 3.94. The van der Waals surface area contributed by atoms with Crippen LogP contribution >= 0.6 is 11.8 Å². The Morgan fingerprint density at radius 1 is 1.08 bits per heavy atom. The summed E-state index contributed by atoms with van der Waals surface area (Å²) in [5.41, 5.74) is 0. The average Bonchev–Trinajstić information content (AvgIpc) is 2.69. The van der Waals surface area contributed by atoms with Crippen molar-refractivity contribution in [2.75, 3.05) is 32.2 Å². The highest BCUT2D eigenvalue weighted by Crippen LogP contribution is 2.25. The lowest BCUT2D eigenvalue weighted by Gasteiger charge is -2.22. The quantitative estimate of drug-likeness (QED) is 0.697. The molecule has 2 aliphatic heterocycles. The lowest BCUT2D eigenvalue weighted by Crippen LogP contribution is -2.20. The molecule has 0 aliphatic carbocycles. The lowest BCUT2D eigenvalue weighted by molar-refractivity contribution is 0.101. The van der Waals surface area contributed by atoms with Crippen LogP contribution in [0, 0.1) is 5.92 Å². The highest BCUT2D eigenvalue weighted by atomic mass is 32.2. The van der Waals surface area contributed by atoms with Crippen molar-refractivity contribution in [1.29, 1.82) is 0 Å². The van der Waals surface area contributed by atoms with Crippen LogP contribution < -0.4 is 0 Å². The van der Waals surface area contributed by atoms with Crippen molar-refractivity contribution in [3.8, 4) is 0 Å².